The number of likely N-dealkylation sites (tertiary alicyclic amines) is 1. The zero-order chi connectivity index (χ0) is 14.5. The third-order valence-corrected chi connectivity index (χ3v) is 4.78. The van der Waals surface area contributed by atoms with Crippen molar-refractivity contribution in [1.29, 1.82) is 0 Å². The van der Waals surface area contributed by atoms with E-state index >= 15 is 0 Å². The van der Waals surface area contributed by atoms with Gasteiger partial charge < -0.3 is 10.6 Å². The Morgan fingerprint density at radius 3 is 2.85 bits per heavy atom. The van der Waals surface area contributed by atoms with Crippen molar-refractivity contribution in [1.82, 2.24) is 4.90 Å². The Morgan fingerprint density at radius 1 is 1.50 bits per heavy atom. The summed E-state index contributed by atoms with van der Waals surface area (Å²) >= 11 is 1.58. The van der Waals surface area contributed by atoms with Crippen LogP contribution in [-0.2, 0) is 4.79 Å². The molecule has 1 aromatic rings. The van der Waals surface area contributed by atoms with Crippen LogP contribution in [0.5, 0.6) is 0 Å². The first-order valence-electron chi connectivity index (χ1n) is 6.99. The first-order chi connectivity index (χ1) is 9.56. The second-order valence-electron chi connectivity index (χ2n) is 5.35. The lowest BCUT2D eigenvalue weighted by atomic mass is 10.0. The lowest BCUT2D eigenvalue weighted by Gasteiger charge is -2.32. The zero-order valence-corrected chi connectivity index (χ0v) is 12.5. The molecule has 1 aliphatic heterocycles. The number of amides is 1. The fraction of sp³-hybridized carbons (Fsp3) is 0.533. The predicted molar refractivity (Wildman–Crippen MR) is 80.1 cm³/mol. The zero-order valence-electron chi connectivity index (χ0n) is 11.7. The number of nitrogens with two attached hydrogens (primary N) is 1. The summed E-state index contributed by atoms with van der Waals surface area (Å²) in [5.41, 5.74) is 5.91. The van der Waals surface area contributed by atoms with E-state index in [0.29, 0.717) is 12.3 Å². The summed E-state index contributed by atoms with van der Waals surface area (Å²) in [6.45, 7) is 3.43. The van der Waals surface area contributed by atoms with Gasteiger partial charge in [0.2, 0.25) is 5.91 Å². The van der Waals surface area contributed by atoms with Crippen LogP contribution in [0.15, 0.2) is 29.2 Å². The van der Waals surface area contributed by atoms with Crippen LogP contribution in [0.3, 0.4) is 0 Å². The molecule has 2 atom stereocenters. The van der Waals surface area contributed by atoms with Gasteiger partial charge in [0.05, 0.1) is 0 Å². The molecule has 1 fully saturated rings. The van der Waals surface area contributed by atoms with Gasteiger partial charge in [-0.15, -0.1) is 11.8 Å². The average molecular weight is 296 g/mol. The van der Waals surface area contributed by atoms with Gasteiger partial charge >= 0.3 is 0 Å². The third-order valence-electron chi connectivity index (χ3n) is 3.50. The number of halogens is 1. The molecule has 0 spiro atoms. The number of carbonyl (C=O) groups excluding carboxylic acids is 1. The number of nitrogens with zero attached hydrogens (tertiary/aromatic N) is 1. The van der Waals surface area contributed by atoms with Crippen molar-refractivity contribution in [3.8, 4) is 0 Å². The Hall–Kier alpha value is -1.07. The average Bonchev–Trinajstić information content (AvgIpc) is 2.45. The van der Waals surface area contributed by atoms with E-state index in [1.807, 2.05) is 11.8 Å². The van der Waals surface area contributed by atoms with Gasteiger partial charge in [-0.25, -0.2) is 4.39 Å². The fourth-order valence-corrected chi connectivity index (χ4v) is 3.26. The van der Waals surface area contributed by atoms with Crippen LogP contribution < -0.4 is 5.73 Å². The summed E-state index contributed by atoms with van der Waals surface area (Å²) in [6.07, 6.45) is 1.99. The molecule has 20 heavy (non-hydrogen) atoms. The predicted octanol–water partition coefficient (Wildman–Crippen LogP) is 2.50. The number of rotatable bonds is 4. The van der Waals surface area contributed by atoms with Crippen molar-refractivity contribution >= 4 is 17.7 Å². The second kappa shape index (κ2) is 7.09. The Balaban J connectivity index is 1.83. The first-order valence-corrected chi connectivity index (χ1v) is 7.97. The highest BCUT2D eigenvalue weighted by atomic mass is 32.2. The summed E-state index contributed by atoms with van der Waals surface area (Å²) in [5.74, 6) is 0.599. The summed E-state index contributed by atoms with van der Waals surface area (Å²) in [7, 11) is 0. The lowest BCUT2D eigenvalue weighted by molar-refractivity contribution is -0.135. The molecule has 2 rings (SSSR count). The van der Waals surface area contributed by atoms with Gasteiger partial charge in [0, 0.05) is 35.7 Å². The van der Waals surface area contributed by atoms with Crippen molar-refractivity contribution in [2.45, 2.75) is 30.7 Å². The molecule has 0 radical (unpaired) electrons. The van der Waals surface area contributed by atoms with E-state index in [1.165, 1.54) is 12.1 Å². The summed E-state index contributed by atoms with van der Waals surface area (Å²) in [4.78, 5) is 15.2. The molecule has 1 saturated heterocycles. The molecule has 3 nitrogen and oxygen atoms in total. The highest BCUT2D eigenvalue weighted by Gasteiger charge is 2.25. The molecule has 0 aromatic heterocycles. The Bertz CT molecular complexity index is 452. The van der Waals surface area contributed by atoms with Crippen molar-refractivity contribution < 1.29 is 9.18 Å². The number of hydrogen-bond donors (Lipinski definition) is 1. The van der Waals surface area contributed by atoms with E-state index in [2.05, 4.69) is 0 Å². The van der Waals surface area contributed by atoms with Crippen molar-refractivity contribution in [3.05, 3.63) is 30.1 Å². The Labute approximate surface area is 123 Å². The minimum Gasteiger partial charge on any atom is -0.341 e. The quantitative estimate of drug-likeness (QED) is 0.868. The Morgan fingerprint density at radius 2 is 2.20 bits per heavy atom. The third kappa shape index (κ3) is 4.21. The second-order valence-corrected chi connectivity index (χ2v) is 6.45. The van der Waals surface area contributed by atoms with E-state index in [-0.39, 0.29) is 23.7 Å². The lowest BCUT2D eigenvalue weighted by Crippen LogP contribution is -2.47. The van der Waals surface area contributed by atoms with Crippen LogP contribution in [0, 0.1) is 11.7 Å². The normalized spacial score (nSPS) is 20.8. The summed E-state index contributed by atoms with van der Waals surface area (Å²) in [6, 6.07) is 6.49. The maximum Gasteiger partial charge on any atom is 0.226 e. The molecular formula is C15H21FN2OS. The highest BCUT2D eigenvalue weighted by Crippen LogP contribution is 2.22. The summed E-state index contributed by atoms with van der Waals surface area (Å²) < 4.78 is 12.8. The molecular weight excluding hydrogens is 275 g/mol. The number of benzene rings is 1. The van der Waals surface area contributed by atoms with Crippen molar-refractivity contribution in [2.24, 2.45) is 11.7 Å². The number of piperidine rings is 1. The van der Waals surface area contributed by atoms with Gasteiger partial charge in [-0.2, -0.15) is 0 Å². The molecule has 1 amide bonds. The van der Waals surface area contributed by atoms with E-state index < -0.39 is 0 Å². The molecule has 0 saturated carbocycles. The van der Waals surface area contributed by atoms with Crippen LogP contribution in [0.2, 0.25) is 0 Å². The number of carbonyl (C=O) groups is 1. The number of thioether (sulfide) groups is 1. The minimum absolute atomic E-state index is 0.0460. The Kier molecular flexibility index (Phi) is 5.43. The molecule has 1 aliphatic rings. The smallest absolute Gasteiger partial charge is 0.226 e. The number of hydrogen-bond acceptors (Lipinski definition) is 3. The van der Waals surface area contributed by atoms with Crippen LogP contribution in [0.25, 0.3) is 0 Å². The van der Waals surface area contributed by atoms with Gasteiger partial charge in [-0.1, -0.05) is 6.92 Å². The minimum atomic E-state index is -0.235. The topological polar surface area (TPSA) is 46.3 Å². The highest BCUT2D eigenvalue weighted by molar-refractivity contribution is 7.99. The standard InChI is InChI=1S/C15H21FN2OS/c1-11(10-20-14-6-4-12(16)5-7-14)15(19)18-8-2-3-13(17)9-18/h4-7,11,13H,2-3,8-10,17H2,1H3. The van der Waals surface area contributed by atoms with Gasteiger partial charge in [0.1, 0.15) is 5.82 Å². The maximum atomic E-state index is 12.8. The molecule has 2 N–H and O–H groups in total. The van der Waals surface area contributed by atoms with Crippen molar-refractivity contribution in [3.63, 3.8) is 0 Å². The monoisotopic (exact) mass is 296 g/mol. The molecule has 110 valence electrons. The molecule has 1 aromatic carbocycles. The van der Waals surface area contributed by atoms with Crippen LogP contribution in [0.4, 0.5) is 4.39 Å². The van der Waals surface area contributed by atoms with Gasteiger partial charge in [-0.3, -0.25) is 4.79 Å². The van der Waals surface area contributed by atoms with Crippen LogP contribution in [-0.4, -0.2) is 35.7 Å². The van der Waals surface area contributed by atoms with Gasteiger partial charge in [0.25, 0.3) is 0 Å². The van der Waals surface area contributed by atoms with Crippen LogP contribution in [0.1, 0.15) is 19.8 Å². The van der Waals surface area contributed by atoms with Gasteiger partial charge in [0.15, 0.2) is 0 Å². The van der Waals surface area contributed by atoms with E-state index in [1.54, 1.807) is 23.9 Å². The first kappa shape index (κ1) is 15.3. The SMILES string of the molecule is CC(CSc1ccc(F)cc1)C(=O)N1CCCC(N)C1. The van der Waals surface area contributed by atoms with Crippen molar-refractivity contribution in [2.75, 3.05) is 18.8 Å². The van der Waals surface area contributed by atoms with E-state index in [4.69, 9.17) is 5.73 Å². The van der Waals surface area contributed by atoms with Gasteiger partial charge in [-0.05, 0) is 37.1 Å². The maximum absolute atomic E-state index is 12.8. The van der Waals surface area contributed by atoms with E-state index in [0.717, 1.165) is 24.3 Å². The fourth-order valence-electron chi connectivity index (χ4n) is 2.35. The molecule has 0 bridgehead atoms. The van der Waals surface area contributed by atoms with E-state index in [9.17, 15) is 9.18 Å². The van der Waals surface area contributed by atoms with Crippen LogP contribution >= 0.6 is 11.8 Å². The summed E-state index contributed by atoms with van der Waals surface area (Å²) in [5, 5.41) is 0. The molecule has 5 heteroatoms. The molecule has 2 unspecified atom stereocenters. The molecule has 1 heterocycles. The molecule has 0 aliphatic carbocycles. The largest absolute Gasteiger partial charge is 0.341 e.